The van der Waals surface area contributed by atoms with Crippen molar-refractivity contribution in [2.24, 2.45) is 0 Å². The summed E-state index contributed by atoms with van der Waals surface area (Å²) in [6.07, 6.45) is 0. The Labute approximate surface area is 244 Å². The molecule has 2 aromatic heterocycles. The van der Waals surface area contributed by atoms with E-state index in [0.29, 0.717) is 5.69 Å². The predicted octanol–water partition coefficient (Wildman–Crippen LogP) is 9.55. The number of para-hydroxylation sites is 4. The van der Waals surface area contributed by atoms with Gasteiger partial charge in [-0.3, -0.25) is 0 Å². The van der Waals surface area contributed by atoms with Crippen molar-refractivity contribution >= 4 is 43.6 Å². The van der Waals surface area contributed by atoms with E-state index in [0.717, 1.165) is 16.7 Å². The molecule has 2 heterocycles. The highest BCUT2D eigenvalue weighted by atomic mass is 15.0. The van der Waals surface area contributed by atoms with Crippen molar-refractivity contribution in [3.63, 3.8) is 0 Å². The average molecular weight is 502 g/mol. The van der Waals surface area contributed by atoms with Gasteiger partial charge in [0, 0.05) is 32.9 Å². The van der Waals surface area contributed by atoms with Gasteiger partial charge < -0.3 is 9.13 Å². The van der Waals surface area contributed by atoms with Crippen LogP contribution in [0.1, 0.15) is 23.3 Å². The van der Waals surface area contributed by atoms with Crippen LogP contribution in [0.4, 0.5) is 0 Å². The normalized spacial score (nSPS) is 17.9. The van der Waals surface area contributed by atoms with Crippen molar-refractivity contribution in [3.8, 4) is 22.5 Å². The molecule has 0 amide bonds. The number of hydrogen-bond acceptors (Lipinski definition) is 0. The maximum Gasteiger partial charge on any atom is 0.0645 e. The fourth-order valence-corrected chi connectivity index (χ4v) is 4.77. The van der Waals surface area contributed by atoms with E-state index in [2.05, 4.69) is 0 Å². The molecule has 2 heteroatoms. The Morgan fingerprint density at radius 1 is 0.395 bits per heavy atom. The molecule has 178 valence electrons. The fourth-order valence-electron chi connectivity index (χ4n) is 4.77. The molecule has 0 aliphatic heterocycles. The largest absolute Gasteiger partial charge is 0.309 e. The maximum atomic E-state index is 9.57. The minimum absolute atomic E-state index is 0.0743. The predicted molar refractivity (Wildman–Crippen MR) is 161 cm³/mol. The van der Waals surface area contributed by atoms with Crippen LogP contribution in [0.2, 0.25) is 0 Å². The van der Waals surface area contributed by atoms with Gasteiger partial charge >= 0.3 is 0 Å². The molecule has 2 nitrogen and oxygen atoms in total. The molecule has 8 rings (SSSR count). The van der Waals surface area contributed by atoms with Gasteiger partial charge in [0.05, 0.1) is 45.4 Å². The van der Waals surface area contributed by atoms with E-state index >= 15 is 0 Å². The molecule has 0 unspecified atom stereocenters. The number of fused-ring (bicyclic) bond motifs is 6. The summed E-state index contributed by atoms with van der Waals surface area (Å²) in [6.45, 7) is 0. The van der Waals surface area contributed by atoms with Gasteiger partial charge in [-0.25, -0.2) is 0 Å². The summed E-state index contributed by atoms with van der Waals surface area (Å²) in [5.74, 6) is 0. The molecular formula is C36H24N2. The third-order valence-electron chi connectivity index (χ3n) is 6.39. The smallest absolute Gasteiger partial charge is 0.0645 e. The van der Waals surface area contributed by atoms with E-state index in [1.807, 2.05) is 0 Å². The highest BCUT2D eigenvalue weighted by molar-refractivity contribution is 6.12. The van der Waals surface area contributed by atoms with Crippen LogP contribution in [0.15, 0.2) is 145 Å². The van der Waals surface area contributed by atoms with E-state index < -0.39 is 108 Å². The first-order chi connectivity index (χ1) is 25.9. The molecule has 0 atom stereocenters. The quantitative estimate of drug-likeness (QED) is 0.228. The Balaban J connectivity index is 1.63. The molecule has 0 radical (unpaired) electrons. The lowest BCUT2D eigenvalue weighted by Crippen LogP contribution is -1.93. The highest BCUT2D eigenvalue weighted by Gasteiger charge is 2.15. The van der Waals surface area contributed by atoms with Crippen molar-refractivity contribution < 1.29 is 23.3 Å². The SMILES string of the molecule is [2H]c1cc([2H])c(-n2c3c([2H])c([2H])c([2H])c([2H])c3c3c([2H])c(-c4c([2H])c([2H])c5c(c4[2H])c4c([2H])c([2H])c([2H])c([2H])c4n5-c4ccccc4)c([2H])c([2H])c32)c([2H])c1. The molecule has 0 aliphatic carbocycles. The first-order valence-electron chi connectivity index (χ1n) is 20.2. The van der Waals surface area contributed by atoms with Crippen molar-refractivity contribution in [2.75, 3.05) is 0 Å². The lowest BCUT2D eigenvalue weighted by atomic mass is 10.0. The monoisotopic (exact) mass is 501 g/mol. The number of aromatic nitrogens is 2. The minimum atomic E-state index is -0.749. The van der Waals surface area contributed by atoms with Gasteiger partial charge in [-0.2, -0.15) is 0 Å². The van der Waals surface area contributed by atoms with Gasteiger partial charge in [0.1, 0.15) is 0 Å². The molecule has 0 saturated heterocycles. The van der Waals surface area contributed by atoms with Crippen LogP contribution < -0.4 is 0 Å². The second kappa shape index (κ2) is 8.22. The molecule has 0 bridgehead atoms. The van der Waals surface area contributed by atoms with Crippen LogP contribution in [0.5, 0.6) is 0 Å². The average Bonchev–Trinajstić information content (AvgIpc) is 3.69. The zero-order valence-electron chi connectivity index (χ0n) is 36.4. The summed E-state index contributed by atoms with van der Waals surface area (Å²) in [5, 5.41) is -0.936. The molecule has 0 fully saturated rings. The number of benzene rings is 6. The summed E-state index contributed by atoms with van der Waals surface area (Å²) in [6, 6.07) is 0.757. The third-order valence-corrected chi connectivity index (χ3v) is 6.39. The molecule has 8 aromatic rings. The van der Waals surface area contributed by atoms with E-state index in [1.165, 1.54) is 4.57 Å². The number of nitrogens with zero attached hydrogens (tertiary/aromatic N) is 2. The Morgan fingerprint density at radius 3 is 1.47 bits per heavy atom. The van der Waals surface area contributed by atoms with Crippen molar-refractivity contribution in [3.05, 3.63) is 145 Å². The molecule has 0 N–H and O–H groups in total. The summed E-state index contributed by atoms with van der Waals surface area (Å²) < 4.78 is 153. The molecule has 6 aromatic carbocycles. The van der Waals surface area contributed by atoms with Crippen LogP contribution >= 0.6 is 0 Å². The summed E-state index contributed by atoms with van der Waals surface area (Å²) in [5.41, 5.74) is -1.74. The van der Waals surface area contributed by atoms with Crippen LogP contribution in [0.3, 0.4) is 0 Å². The van der Waals surface area contributed by atoms with Gasteiger partial charge in [0.25, 0.3) is 0 Å². The maximum absolute atomic E-state index is 9.57. The van der Waals surface area contributed by atoms with Crippen LogP contribution in [-0.2, 0) is 0 Å². The first kappa shape index (κ1) is 10.4. The highest BCUT2D eigenvalue weighted by Crippen LogP contribution is 2.38. The van der Waals surface area contributed by atoms with Gasteiger partial charge in [-0.1, -0.05) is 84.7 Å². The van der Waals surface area contributed by atoms with E-state index in [1.54, 1.807) is 30.3 Å². The molecule has 0 saturated carbocycles. The second-order valence-electron chi connectivity index (χ2n) is 8.49. The Hall–Kier alpha value is -5.08. The molecule has 0 aliphatic rings. The van der Waals surface area contributed by atoms with Crippen molar-refractivity contribution in [2.45, 2.75) is 0 Å². The summed E-state index contributed by atoms with van der Waals surface area (Å²) >= 11 is 0. The molecular weight excluding hydrogens is 460 g/mol. The zero-order valence-corrected chi connectivity index (χ0v) is 19.4. The van der Waals surface area contributed by atoms with Crippen LogP contribution in [0.25, 0.3) is 66.1 Å². The van der Waals surface area contributed by atoms with E-state index in [9.17, 15) is 8.22 Å². The number of rotatable bonds is 3. The summed E-state index contributed by atoms with van der Waals surface area (Å²) in [7, 11) is 0. The summed E-state index contributed by atoms with van der Waals surface area (Å²) in [4.78, 5) is 0. The molecule has 0 spiro atoms. The Morgan fingerprint density at radius 2 is 0.895 bits per heavy atom. The topological polar surface area (TPSA) is 9.86 Å². The Bertz CT molecular complexity index is 3030. The second-order valence-corrected chi connectivity index (χ2v) is 8.49. The fraction of sp³-hybridized carbons (Fsp3) is 0. The van der Waals surface area contributed by atoms with Gasteiger partial charge in [-0.05, 0) is 71.6 Å². The van der Waals surface area contributed by atoms with Gasteiger partial charge in [0.15, 0.2) is 0 Å². The van der Waals surface area contributed by atoms with E-state index in [-0.39, 0.29) is 55.3 Å². The van der Waals surface area contributed by atoms with Gasteiger partial charge in [0.2, 0.25) is 0 Å². The lowest BCUT2D eigenvalue weighted by Gasteiger charge is -2.09. The third kappa shape index (κ3) is 3.07. The zero-order chi connectivity index (χ0) is 39.8. The van der Waals surface area contributed by atoms with Crippen molar-refractivity contribution in [1.82, 2.24) is 9.13 Å². The number of hydrogen-bond donors (Lipinski definition) is 0. The first-order valence-corrected chi connectivity index (χ1v) is 11.7. The lowest BCUT2D eigenvalue weighted by molar-refractivity contribution is 1.18. The van der Waals surface area contributed by atoms with Crippen molar-refractivity contribution in [1.29, 1.82) is 0 Å². The van der Waals surface area contributed by atoms with Crippen LogP contribution in [-0.4, -0.2) is 9.13 Å². The van der Waals surface area contributed by atoms with E-state index in [4.69, 9.17) is 15.1 Å². The minimum Gasteiger partial charge on any atom is -0.309 e. The molecule has 38 heavy (non-hydrogen) atoms. The Kier molecular flexibility index (Phi) is 2.24. The standard InChI is InChI=1S/C36H24N2/c1-3-11-27(12-4-1)37-33-17-9-7-15-29(33)31-23-25(19-21-35(31)37)26-20-22-36-32(24-26)30-16-8-10-18-34(30)38(36)28-13-5-2-6-14-28/h1-24H/i1D,7D,8D,9D,10D,11D,12D,15D,16D,17D,18D,19D,20D,21D,22D,23D,24D. The van der Waals surface area contributed by atoms with Gasteiger partial charge in [-0.15, -0.1) is 0 Å². The van der Waals surface area contributed by atoms with Crippen LogP contribution in [0, 0.1) is 0 Å².